The Bertz CT molecular complexity index is 1290. The van der Waals surface area contributed by atoms with Crippen LogP contribution < -0.4 is 9.64 Å². The normalized spacial score (nSPS) is 26.4. The molecule has 1 aliphatic heterocycles. The van der Waals surface area contributed by atoms with Crippen LogP contribution in [-0.4, -0.2) is 21.8 Å². The Morgan fingerprint density at radius 3 is 2.41 bits per heavy atom. The highest BCUT2D eigenvalue weighted by Crippen LogP contribution is 2.53. The van der Waals surface area contributed by atoms with Crippen LogP contribution in [0.15, 0.2) is 48.6 Å². The Kier molecular flexibility index (Phi) is 4.01. The number of aromatic nitrogens is 2. The molecule has 0 radical (unpaired) electrons. The second kappa shape index (κ2) is 6.61. The fourth-order valence-corrected chi connectivity index (χ4v) is 5.90. The minimum atomic E-state index is -4.57. The molecular formula is C22H14F3N3O3S. The Morgan fingerprint density at radius 1 is 1.00 bits per heavy atom. The van der Waals surface area contributed by atoms with E-state index in [2.05, 4.69) is 9.97 Å². The van der Waals surface area contributed by atoms with Crippen LogP contribution in [0, 0.1) is 23.7 Å². The van der Waals surface area contributed by atoms with E-state index in [9.17, 15) is 22.8 Å². The van der Waals surface area contributed by atoms with E-state index in [-0.39, 0.29) is 47.1 Å². The summed E-state index contributed by atoms with van der Waals surface area (Å²) in [6, 6.07) is 8.22. The number of alkyl halides is 3. The van der Waals surface area contributed by atoms with Crippen molar-refractivity contribution in [3.63, 3.8) is 0 Å². The number of allylic oxidation sites excluding steroid dienone is 2. The lowest BCUT2D eigenvalue weighted by atomic mass is 9.85. The highest BCUT2D eigenvalue weighted by atomic mass is 32.1. The predicted molar refractivity (Wildman–Crippen MR) is 109 cm³/mol. The van der Waals surface area contributed by atoms with E-state index in [0.29, 0.717) is 15.3 Å². The first-order chi connectivity index (χ1) is 15.3. The molecule has 1 saturated heterocycles. The van der Waals surface area contributed by atoms with Gasteiger partial charge in [-0.1, -0.05) is 29.6 Å². The summed E-state index contributed by atoms with van der Waals surface area (Å²) in [7, 11) is 0. The third kappa shape index (κ3) is 2.85. The SMILES string of the molecule is O=C1[C@@H]2C3C=CC(C3)[C@@H]2C(=O)N1c1nc2ccc(Oc3cccc(C(F)(F)F)n3)cc2s1. The first-order valence-corrected chi connectivity index (χ1v) is 10.8. The van der Waals surface area contributed by atoms with Crippen LogP contribution in [0.2, 0.25) is 0 Å². The third-order valence-corrected chi connectivity index (χ3v) is 7.25. The number of imide groups is 1. The van der Waals surface area contributed by atoms with Crippen molar-refractivity contribution in [2.24, 2.45) is 23.7 Å². The average Bonchev–Trinajstić information content (AvgIpc) is 3.50. The van der Waals surface area contributed by atoms with Gasteiger partial charge in [0.2, 0.25) is 17.7 Å². The molecular weight excluding hydrogens is 443 g/mol. The lowest BCUT2D eigenvalue weighted by molar-refractivity contribution is -0.141. The maximum absolute atomic E-state index is 13.0. The number of fused-ring (bicyclic) bond motifs is 6. The Morgan fingerprint density at radius 2 is 1.72 bits per heavy atom. The topological polar surface area (TPSA) is 72.4 Å². The number of nitrogens with zero attached hydrogens (tertiary/aromatic N) is 3. The van der Waals surface area contributed by atoms with Gasteiger partial charge in [-0.05, 0) is 36.5 Å². The minimum absolute atomic E-state index is 0.112. The summed E-state index contributed by atoms with van der Waals surface area (Å²) >= 11 is 1.17. The smallest absolute Gasteiger partial charge is 0.433 e. The zero-order valence-corrected chi connectivity index (χ0v) is 17.1. The summed E-state index contributed by atoms with van der Waals surface area (Å²) < 4.78 is 44.8. The number of anilines is 1. The number of thiazole rings is 1. The molecule has 3 aromatic rings. The van der Waals surface area contributed by atoms with E-state index in [1.807, 2.05) is 12.2 Å². The van der Waals surface area contributed by atoms with Gasteiger partial charge in [-0.25, -0.2) is 14.9 Å². The molecule has 0 N–H and O–H groups in total. The van der Waals surface area contributed by atoms with Crippen molar-refractivity contribution in [1.29, 1.82) is 0 Å². The summed E-state index contributed by atoms with van der Waals surface area (Å²) in [6.45, 7) is 0. The van der Waals surface area contributed by atoms with Gasteiger partial charge in [0.15, 0.2) is 5.13 Å². The minimum Gasteiger partial charge on any atom is -0.439 e. The molecule has 2 bridgehead atoms. The summed E-state index contributed by atoms with van der Waals surface area (Å²) in [5, 5.41) is 0.304. The van der Waals surface area contributed by atoms with Crippen molar-refractivity contribution < 1.29 is 27.5 Å². The molecule has 2 amide bonds. The van der Waals surface area contributed by atoms with E-state index in [1.165, 1.54) is 28.4 Å². The summed E-state index contributed by atoms with van der Waals surface area (Å²) in [5.41, 5.74) is -0.482. The van der Waals surface area contributed by atoms with Crippen molar-refractivity contribution in [1.82, 2.24) is 9.97 Å². The number of hydrogen-bond donors (Lipinski definition) is 0. The largest absolute Gasteiger partial charge is 0.439 e. The summed E-state index contributed by atoms with van der Waals surface area (Å²) in [4.78, 5) is 35.1. The molecule has 6 nitrogen and oxygen atoms in total. The third-order valence-electron chi connectivity index (χ3n) is 6.25. The van der Waals surface area contributed by atoms with Gasteiger partial charge in [0.25, 0.3) is 0 Å². The molecule has 4 atom stereocenters. The highest BCUT2D eigenvalue weighted by molar-refractivity contribution is 7.22. The Labute approximate surface area is 183 Å². The van der Waals surface area contributed by atoms with Gasteiger partial charge < -0.3 is 4.74 Å². The molecule has 1 aromatic carbocycles. The van der Waals surface area contributed by atoms with Gasteiger partial charge in [0.05, 0.1) is 22.1 Å². The van der Waals surface area contributed by atoms with Gasteiger partial charge in [0, 0.05) is 12.1 Å². The van der Waals surface area contributed by atoms with Crippen LogP contribution in [0.25, 0.3) is 10.2 Å². The number of benzene rings is 1. The van der Waals surface area contributed by atoms with E-state index in [4.69, 9.17) is 4.74 Å². The number of carbonyl (C=O) groups excluding carboxylic acids is 2. The number of ether oxygens (including phenoxy) is 1. The molecule has 10 heteroatoms. The fourth-order valence-electron chi connectivity index (χ4n) is 4.89. The standard InChI is InChI=1S/C22H14F3N3O3S/c23-22(24,25)15-2-1-3-16(27-15)31-12-6-7-13-14(9-12)32-21(26-13)28-19(29)17-10-4-5-11(8-10)18(17)20(28)30/h1-7,9-11,17-18H,8H2/t10?,11?,17-,18+. The molecule has 162 valence electrons. The number of rotatable bonds is 3. The second-order valence-electron chi connectivity index (χ2n) is 8.10. The van der Waals surface area contributed by atoms with Crippen LogP contribution >= 0.6 is 11.3 Å². The van der Waals surface area contributed by atoms with Gasteiger partial charge >= 0.3 is 6.18 Å². The lowest BCUT2D eigenvalue weighted by Gasteiger charge is -2.14. The maximum Gasteiger partial charge on any atom is 0.433 e. The van der Waals surface area contributed by atoms with E-state index in [0.717, 1.165) is 12.5 Å². The zero-order valence-electron chi connectivity index (χ0n) is 16.2. The molecule has 3 heterocycles. The van der Waals surface area contributed by atoms with E-state index in [1.54, 1.807) is 18.2 Å². The molecule has 6 rings (SSSR count). The van der Waals surface area contributed by atoms with Gasteiger partial charge in [0.1, 0.15) is 11.4 Å². The molecule has 2 fully saturated rings. The molecule has 1 saturated carbocycles. The van der Waals surface area contributed by atoms with Crippen LogP contribution in [0.3, 0.4) is 0 Å². The van der Waals surface area contributed by atoms with E-state index < -0.39 is 11.9 Å². The number of carbonyl (C=O) groups is 2. The van der Waals surface area contributed by atoms with E-state index >= 15 is 0 Å². The van der Waals surface area contributed by atoms with Crippen molar-refractivity contribution in [3.8, 4) is 11.6 Å². The van der Waals surface area contributed by atoms with Crippen molar-refractivity contribution in [3.05, 3.63) is 54.2 Å². The van der Waals surface area contributed by atoms with Gasteiger partial charge in [-0.2, -0.15) is 13.2 Å². The van der Waals surface area contributed by atoms with Crippen LogP contribution in [-0.2, 0) is 15.8 Å². The molecule has 2 aromatic heterocycles. The number of halogens is 3. The van der Waals surface area contributed by atoms with Gasteiger partial charge in [-0.3, -0.25) is 9.59 Å². The number of amides is 2. The maximum atomic E-state index is 13.0. The Hall–Kier alpha value is -3.27. The van der Waals surface area contributed by atoms with Gasteiger partial charge in [-0.15, -0.1) is 0 Å². The highest BCUT2D eigenvalue weighted by Gasteiger charge is 2.60. The monoisotopic (exact) mass is 457 g/mol. The summed E-state index contributed by atoms with van der Waals surface area (Å²) in [6.07, 6.45) is 0.345. The molecule has 2 aliphatic carbocycles. The summed E-state index contributed by atoms with van der Waals surface area (Å²) in [5.74, 6) is -0.726. The lowest BCUT2D eigenvalue weighted by Crippen LogP contribution is -2.32. The van der Waals surface area contributed by atoms with Crippen molar-refractivity contribution in [2.45, 2.75) is 12.6 Å². The number of pyridine rings is 1. The fraction of sp³-hybridized carbons (Fsp3) is 0.273. The predicted octanol–water partition coefficient (Wildman–Crippen LogP) is 4.81. The van der Waals surface area contributed by atoms with Crippen molar-refractivity contribution in [2.75, 3.05) is 4.90 Å². The molecule has 3 aliphatic rings. The van der Waals surface area contributed by atoms with Crippen LogP contribution in [0.1, 0.15) is 12.1 Å². The average molecular weight is 457 g/mol. The molecule has 2 unspecified atom stereocenters. The second-order valence-corrected chi connectivity index (χ2v) is 9.11. The van der Waals surface area contributed by atoms with Crippen LogP contribution in [0.4, 0.5) is 18.3 Å². The first-order valence-electron chi connectivity index (χ1n) is 9.98. The number of hydrogen-bond acceptors (Lipinski definition) is 6. The zero-order chi connectivity index (χ0) is 22.2. The van der Waals surface area contributed by atoms with Crippen molar-refractivity contribution >= 4 is 38.5 Å². The van der Waals surface area contributed by atoms with Crippen LogP contribution in [0.5, 0.6) is 11.6 Å². The molecule has 32 heavy (non-hydrogen) atoms. The quantitative estimate of drug-likeness (QED) is 0.417. The molecule has 0 spiro atoms. The Balaban J connectivity index is 1.29. The first kappa shape index (κ1) is 19.4.